The van der Waals surface area contributed by atoms with Crippen LogP contribution in [0.4, 0.5) is 4.39 Å². The Kier molecular flexibility index (Phi) is 2.41. The molecule has 0 fully saturated rings. The van der Waals surface area contributed by atoms with Gasteiger partial charge >= 0.3 is 5.97 Å². The molecule has 15 heavy (non-hydrogen) atoms. The highest BCUT2D eigenvalue weighted by Gasteiger charge is 2.16. The van der Waals surface area contributed by atoms with Crippen molar-refractivity contribution in [3.05, 3.63) is 35.2 Å². The lowest BCUT2D eigenvalue weighted by molar-refractivity contribution is -0.136. The molecule has 0 aliphatic carbocycles. The second-order valence-corrected chi connectivity index (χ2v) is 3.23. The summed E-state index contributed by atoms with van der Waals surface area (Å²) >= 11 is 0. The third-order valence-electron chi connectivity index (χ3n) is 2.19. The van der Waals surface area contributed by atoms with Crippen molar-refractivity contribution < 1.29 is 19.0 Å². The van der Waals surface area contributed by atoms with Crippen molar-refractivity contribution in [3.8, 4) is 5.75 Å². The van der Waals surface area contributed by atoms with Crippen LogP contribution >= 0.6 is 0 Å². The average molecular weight is 208 g/mol. The number of carboxylic acids is 1. The second kappa shape index (κ2) is 3.73. The van der Waals surface area contributed by atoms with E-state index in [1.165, 1.54) is 12.1 Å². The number of fused-ring (bicyclic) bond motifs is 1. The monoisotopic (exact) mass is 208 g/mol. The third-order valence-corrected chi connectivity index (χ3v) is 2.19. The zero-order valence-corrected chi connectivity index (χ0v) is 7.87. The third kappa shape index (κ3) is 1.83. The fraction of sp³-hybridized carbons (Fsp3) is 0.182. The van der Waals surface area contributed by atoms with Gasteiger partial charge in [0.15, 0.2) is 11.6 Å². The van der Waals surface area contributed by atoms with Gasteiger partial charge in [0, 0.05) is 5.56 Å². The molecule has 1 aliphatic rings. The Balaban J connectivity index is 2.49. The summed E-state index contributed by atoms with van der Waals surface area (Å²) < 4.78 is 18.4. The highest BCUT2D eigenvalue weighted by molar-refractivity contribution is 5.74. The minimum Gasteiger partial charge on any atom is -0.486 e. The van der Waals surface area contributed by atoms with Crippen LogP contribution < -0.4 is 4.74 Å². The van der Waals surface area contributed by atoms with Gasteiger partial charge in [0.05, 0.1) is 6.42 Å². The first-order valence-corrected chi connectivity index (χ1v) is 4.51. The summed E-state index contributed by atoms with van der Waals surface area (Å²) in [7, 11) is 0. The Morgan fingerprint density at radius 1 is 1.53 bits per heavy atom. The van der Waals surface area contributed by atoms with Crippen LogP contribution in [0.2, 0.25) is 0 Å². The van der Waals surface area contributed by atoms with Crippen LogP contribution in [-0.4, -0.2) is 17.7 Å². The van der Waals surface area contributed by atoms with Crippen LogP contribution in [0.1, 0.15) is 11.1 Å². The van der Waals surface area contributed by atoms with Crippen LogP contribution in [0.3, 0.4) is 0 Å². The molecule has 1 N–H and O–H groups in total. The highest BCUT2D eigenvalue weighted by Crippen LogP contribution is 2.30. The molecule has 1 aromatic carbocycles. The fourth-order valence-electron chi connectivity index (χ4n) is 1.56. The van der Waals surface area contributed by atoms with E-state index in [4.69, 9.17) is 9.84 Å². The lowest BCUT2D eigenvalue weighted by Gasteiger charge is -2.15. The van der Waals surface area contributed by atoms with Crippen molar-refractivity contribution in [3.63, 3.8) is 0 Å². The first kappa shape index (κ1) is 9.71. The molecule has 2 rings (SSSR count). The van der Waals surface area contributed by atoms with Gasteiger partial charge < -0.3 is 9.84 Å². The molecule has 4 heteroatoms. The van der Waals surface area contributed by atoms with Gasteiger partial charge in [-0.3, -0.25) is 4.79 Å². The quantitative estimate of drug-likeness (QED) is 0.806. The van der Waals surface area contributed by atoms with E-state index >= 15 is 0 Å². The van der Waals surface area contributed by atoms with Gasteiger partial charge in [-0.2, -0.15) is 0 Å². The molecule has 1 aromatic rings. The van der Waals surface area contributed by atoms with Crippen LogP contribution in [0.5, 0.6) is 5.75 Å². The molecule has 0 aromatic heterocycles. The largest absolute Gasteiger partial charge is 0.486 e. The van der Waals surface area contributed by atoms with Gasteiger partial charge in [-0.05, 0) is 17.7 Å². The van der Waals surface area contributed by atoms with Crippen LogP contribution in [0, 0.1) is 5.82 Å². The van der Waals surface area contributed by atoms with Gasteiger partial charge in [0.25, 0.3) is 0 Å². The zero-order chi connectivity index (χ0) is 10.8. The minimum atomic E-state index is -0.942. The molecule has 0 saturated heterocycles. The van der Waals surface area contributed by atoms with Crippen LogP contribution in [0.25, 0.3) is 6.08 Å². The van der Waals surface area contributed by atoms with Crippen LogP contribution in [-0.2, 0) is 11.2 Å². The number of aliphatic carboxylic acids is 1. The van der Waals surface area contributed by atoms with Gasteiger partial charge in [-0.1, -0.05) is 12.1 Å². The van der Waals surface area contributed by atoms with Gasteiger partial charge in [-0.15, -0.1) is 0 Å². The standard InChI is InChI=1S/C11H9FO3/c12-9-4-3-7(6-10(13)14)8-2-1-5-15-11(8)9/h1-4H,5-6H2,(H,13,14). The zero-order valence-electron chi connectivity index (χ0n) is 7.87. The van der Waals surface area contributed by atoms with E-state index in [0.29, 0.717) is 17.7 Å². The maximum Gasteiger partial charge on any atom is 0.307 e. The molecule has 0 amide bonds. The van der Waals surface area contributed by atoms with Crippen molar-refractivity contribution in [2.24, 2.45) is 0 Å². The van der Waals surface area contributed by atoms with E-state index in [9.17, 15) is 9.18 Å². The molecule has 1 heterocycles. The van der Waals surface area contributed by atoms with E-state index in [0.717, 1.165) is 0 Å². The average Bonchev–Trinajstić information content (AvgIpc) is 2.22. The first-order valence-electron chi connectivity index (χ1n) is 4.51. The predicted molar refractivity (Wildman–Crippen MR) is 52.3 cm³/mol. The second-order valence-electron chi connectivity index (χ2n) is 3.23. The molecule has 0 bridgehead atoms. The summed E-state index contributed by atoms with van der Waals surface area (Å²) in [6.07, 6.45) is 3.30. The summed E-state index contributed by atoms with van der Waals surface area (Å²) in [6, 6.07) is 2.71. The van der Waals surface area contributed by atoms with Gasteiger partial charge in [0.2, 0.25) is 0 Å². The summed E-state index contributed by atoms with van der Waals surface area (Å²) in [5, 5.41) is 8.68. The topological polar surface area (TPSA) is 46.5 Å². The van der Waals surface area contributed by atoms with E-state index in [1.54, 1.807) is 12.2 Å². The maximum atomic E-state index is 13.3. The Bertz CT molecular complexity index is 438. The van der Waals surface area contributed by atoms with Crippen LogP contribution in [0.15, 0.2) is 18.2 Å². The molecule has 0 saturated carbocycles. The Morgan fingerprint density at radius 2 is 2.33 bits per heavy atom. The number of halogens is 1. The number of hydrogen-bond donors (Lipinski definition) is 1. The maximum absolute atomic E-state index is 13.3. The van der Waals surface area contributed by atoms with Gasteiger partial charge in [0.1, 0.15) is 6.61 Å². The van der Waals surface area contributed by atoms with Crippen molar-refractivity contribution in [2.75, 3.05) is 6.61 Å². The SMILES string of the molecule is O=C(O)Cc1ccc(F)c2c1C=CCO2. The summed E-state index contributed by atoms with van der Waals surface area (Å²) in [5.74, 6) is -1.25. The molecule has 78 valence electrons. The Labute approximate surface area is 85.8 Å². The molecule has 0 unspecified atom stereocenters. The Morgan fingerprint density at radius 3 is 3.07 bits per heavy atom. The lowest BCUT2D eigenvalue weighted by Crippen LogP contribution is -2.08. The number of hydrogen-bond acceptors (Lipinski definition) is 2. The molecular weight excluding hydrogens is 199 g/mol. The van der Waals surface area contributed by atoms with Gasteiger partial charge in [-0.25, -0.2) is 4.39 Å². The summed E-state index contributed by atoms with van der Waals surface area (Å²) in [6.45, 7) is 0.320. The van der Waals surface area contributed by atoms with Crippen molar-refractivity contribution in [1.29, 1.82) is 0 Å². The van der Waals surface area contributed by atoms with Crippen molar-refractivity contribution in [2.45, 2.75) is 6.42 Å². The Hall–Kier alpha value is -1.84. The molecule has 0 radical (unpaired) electrons. The number of rotatable bonds is 2. The van der Waals surface area contributed by atoms with E-state index in [1.807, 2.05) is 0 Å². The number of carbonyl (C=O) groups is 1. The van der Waals surface area contributed by atoms with Crippen molar-refractivity contribution in [1.82, 2.24) is 0 Å². The molecular formula is C11H9FO3. The molecule has 3 nitrogen and oxygen atoms in total. The predicted octanol–water partition coefficient (Wildman–Crippen LogP) is 1.86. The number of ether oxygens (including phenoxy) is 1. The van der Waals surface area contributed by atoms with E-state index in [2.05, 4.69) is 0 Å². The number of carboxylic acid groups (broad SMARTS) is 1. The molecule has 0 spiro atoms. The smallest absolute Gasteiger partial charge is 0.307 e. The van der Waals surface area contributed by atoms with E-state index < -0.39 is 11.8 Å². The minimum absolute atomic E-state index is 0.129. The van der Waals surface area contributed by atoms with Crippen molar-refractivity contribution >= 4 is 12.0 Å². The summed E-state index contributed by atoms with van der Waals surface area (Å²) in [4.78, 5) is 10.6. The lowest BCUT2D eigenvalue weighted by atomic mass is 10.0. The first-order chi connectivity index (χ1) is 7.18. The summed E-state index contributed by atoms with van der Waals surface area (Å²) in [5.41, 5.74) is 1.10. The fourth-order valence-corrected chi connectivity index (χ4v) is 1.56. The molecule has 1 aliphatic heterocycles. The molecule has 0 atom stereocenters. The highest BCUT2D eigenvalue weighted by atomic mass is 19.1. The number of benzene rings is 1. The normalized spacial score (nSPS) is 13.1. The van der Waals surface area contributed by atoms with E-state index in [-0.39, 0.29) is 12.2 Å².